The molecule has 2 atom stereocenters. The van der Waals surface area contributed by atoms with E-state index in [2.05, 4.69) is 31.2 Å². The number of hydrogen-bond donors (Lipinski definition) is 2. The van der Waals surface area contributed by atoms with Gasteiger partial charge in [0.2, 0.25) is 0 Å². The number of nitrogens with one attached hydrogen (secondary N) is 1. The van der Waals surface area contributed by atoms with Crippen LogP contribution in [0.1, 0.15) is 13.8 Å². The van der Waals surface area contributed by atoms with Crippen LogP contribution in [0.25, 0.3) is 0 Å². The standard InChI is InChI=1S/C8H20N2O/c1-7(6-11)9-5-8(2)10(3)4/h7-9,11H,5-6H2,1-4H3. The highest BCUT2D eigenvalue weighted by Gasteiger charge is 2.05. The van der Waals surface area contributed by atoms with Gasteiger partial charge < -0.3 is 15.3 Å². The van der Waals surface area contributed by atoms with Gasteiger partial charge in [0.15, 0.2) is 0 Å². The van der Waals surface area contributed by atoms with Crippen molar-refractivity contribution < 1.29 is 5.11 Å². The van der Waals surface area contributed by atoms with Gasteiger partial charge in [-0.2, -0.15) is 0 Å². The first-order valence-corrected chi connectivity index (χ1v) is 4.08. The summed E-state index contributed by atoms with van der Waals surface area (Å²) in [6.45, 7) is 5.26. The summed E-state index contributed by atoms with van der Waals surface area (Å²) in [4.78, 5) is 2.15. The van der Waals surface area contributed by atoms with Gasteiger partial charge in [-0.25, -0.2) is 0 Å². The van der Waals surface area contributed by atoms with E-state index in [0.29, 0.717) is 6.04 Å². The second-order valence-electron chi connectivity index (χ2n) is 3.30. The third-order valence-electron chi connectivity index (χ3n) is 1.92. The molecule has 0 saturated carbocycles. The van der Waals surface area contributed by atoms with Crippen molar-refractivity contribution in [3.05, 3.63) is 0 Å². The smallest absolute Gasteiger partial charge is 0.0581 e. The van der Waals surface area contributed by atoms with Crippen molar-refractivity contribution in [2.45, 2.75) is 25.9 Å². The Hall–Kier alpha value is -0.120. The highest BCUT2D eigenvalue weighted by Crippen LogP contribution is 1.89. The van der Waals surface area contributed by atoms with Crippen LogP contribution in [0.15, 0.2) is 0 Å². The van der Waals surface area contributed by atoms with Crippen molar-refractivity contribution in [2.75, 3.05) is 27.2 Å². The summed E-state index contributed by atoms with van der Waals surface area (Å²) < 4.78 is 0. The van der Waals surface area contributed by atoms with E-state index in [0.717, 1.165) is 6.54 Å². The van der Waals surface area contributed by atoms with Gasteiger partial charge in [0.25, 0.3) is 0 Å². The van der Waals surface area contributed by atoms with E-state index in [-0.39, 0.29) is 12.6 Å². The van der Waals surface area contributed by atoms with Crippen LogP contribution in [0.2, 0.25) is 0 Å². The van der Waals surface area contributed by atoms with Crippen molar-refractivity contribution in [3.63, 3.8) is 0 Å². The Labute approximate surface area is 69.4 Å². The molecule has 0 bridgehead atoms. The van der Waals surface area contributed by atoms with Crippen molar-refractivity contribution in [2.24, 2.45) is 0 Å². The molecule has 0 aliphatic heterocycles. The zero-order chi connectivity index (χ0) is 8.85. The molecule has 0 aromatic rings. The van der Waals surface area contributed by atoms with Crippen LogP contribution in [0.5, 0.6) is 0 Å². The maximum absolute atomic E-state index is 8.71. The van der Waals surface area contributed by atoms with Crippen LogP contribution in [-0.4, -0.2) is 49.3 Å². The third-order valence-corrected chi connectivity index (χ3v) is 1.92. The number of hydrogen-bond acceptors (Lipinski definition) is 3. The largest absolute Gasteiger partial charge is 0.395 e. The highest BCUT2D eigenvalue weighted by molar-refractivity contribution is 4.66. The summed E-state index contributed by atoms with van der Waals surface area (Å²) in [5.41, 5.74) is 0. The summed E-state index contributed by atoms with van der Waals surface area (Å²) in [7, 11) is 4.10. The average molecular weight is 160 g/mol. The Morgan fingerprint density at radius 3 is 2.27 bits per heavy atom. The lowest BCUT2D eigenvalue weighted by Gasteiger charge is -2.21. The van der Waals surface area contributed by atoms with E-state index in [9.17, 15) is 0 Å². The molecule has 0 fully saturated rings. The molecule has 3 nitrogen and oxygen atoms in total. The lowest BCUT2D eigenvalue weighted by atomic mass is 10.3. The Bertz CT molecular complexity index is 96.1. The van der Waals surface area contributed by atoms with Crippen molar-refractivity contribution in [1.29, 1.82) is 0 Å². The van der Waals surface area contributed by atoms with E-state index >= 15 is 0 Å². The molecule has 68 valence electrons. The predicted octanol–water partition coefficient (Wildman–Crippen LogP) is -0.0931. The molecule has 0 spiro atoms. The van der Waals surface area contributed by atoms with Crippen LogP contribution in [0.4, 0.5) is 0 Å². The van der Waals surface area contributed by atoms with Crippen LogP contribution in [0, 0.1) is 0 Å². The summed E-state index contributed by atoms with van der Waals surface area (Å²) in [6, 6.07) is 0.724. The molecule has 2 unspecified atom stereocenters. The zero-order valence-corrected chi connectivity index (χ0v) is 7.96. The molecule has 0 saturated heterocycles. The van der Waals surface area contributed by atoms with Gasteiger partial charge in [-0.1, -0.05) is 0 Å². The van der Waals surface area contributed by atoms with Gasteiger partial charge in [-0.15, -0.1) is 0 Å². The van der Waals surface area contributed by atoms with Gasteiger partial charge in [-0.3, -0.25) is 0 Å². The molecule has 0 aliphatic rings. The fourth-order valence-corrected chi connectivity index (χ4v) is 0.619. The fraction of sp³-hybridized carbons (Fsp3) is 1.00. The SMILES string of the molecule is CC(CO)NCC(C)N(C)C. The molecular weight excluding hydrogens is 140 g/mol. The summed E-state index contributed by atoms with van der Waals surface area (Å²) in [5, 5.41) is 11.9. The highest BCUT2D eigenvalue weighted by atomic mass is 16.3. The van der Waals surface area contributed by atoms with Crippen LogP contribution in [-0.2, 0) is 0 Å². The quantitative estimate of drug-likeness (QED) is 0.590. The lowest BCUT2D eigenvalue weighted by molar-refractivity contribution is 0.234. The Morgan fingerprint density at radius 1 is 1.36 bits per heavy atom. The lowest BCUT2D eigenvalue weighted by Crippen LogP contribution is -2.40. The van der Waals surface area contributed by atoms with Crippen molar-refractivity contribution in [3.8, 4) is 0 Å². The van der Waals surface area contributed by atoms with Gasteiger partial charge in [0.05, 0.1) is 6.61 Å². The van der Waals surface area contributed by atoms with E-state index in [1.807, 2.05) is 6.92 Å². The molecule has 0 amide bonds. The second kappa shape index (κ2) is 5.52. The molecule has 0 rings (SSSR count). The van der Waals surface area contributed by atoms with Crippen molar-refractivity contribution in [1.82, 2.24) is 10.2 Å². The maximum atomic E-state index is 8.71. The topological polar surface area (TPSA) is 35.5 Å². The molecule has 0 heterocycles. The van der Waals surface area contributed by atoms with Gasteiger partial charge in [0.1, 0.15) is 0 Å². The maximum Gasteiger partial charge on any atom is 0.0581 e. The van der Waals surface area contributed by atoms with Gasteiger partial charge in [-0.05, 0) is 27.9 Å². The number of aliphatic hydroxyl groups excluding tert-OH is 1. The molecular formula is C8H20N2O. The number of nitrogens with zero attached hydrogens (tertiary/aromatic N) is 1. The minimum Gasteiger partial charge on any atom is -0.395 e. The first-order chi connectivity index (χ1) is 5.07. The van der Waals surface area contributed by atoms with Gasteiger partial charge >= 0.3 is 0 Å². The monoisotopic (exact) mass is 160 g/mol. The van der Waals surface area contributed by atoms with Crippen LogP contribution in [0.3, 0.4) is 0 Å². The molecule has 0 aliphatic carbocycles. The first kappa shape index (κ1) is 10.9. The molecule has 0 aromatic heterocycles. The number of likely N-dealkylation sites (N-methyl/N-ethyl adjacent to an activating group) is 1. The zero-order valence-electron chi connectivity index (χ0n) is 7.96. The molecule has 2 N–H and O–H groups in total. The van der Waals surface area contributed by atoms with Crippen LogP contribution >= 0.6 is 0 Å². The minimum absolute atomic E-state index is 0.206. The molecule has 0 aromatic carbocycles. The summed E-state index contributed by atoms with van der Waals surface area (Å²) in [5.74, 6) is 0. The molecule has 11 heavy (non-hydrogen) atoms. The summed E-state index contributed by atoms with van der Waals surface area (Å²) >= 11 is 0. The fourth-order valence-electron chi connectivity index (χ4n) is 0.619. The predicted molar refractivity (Wildman–Crippen MR) is 47.7 cm³/mol. The first-order valence-electron chi connectivity index (χ1n) is 4.08. The van der Waals surface area contributed by atoms with Crippen molar-refractivity contribution >= 4 is 0 Å². The normalized spacial score (nSPS) is 16.9. The van der Waals surface area contributed by atoms with E-state index in [1.54, 1.807) is 0 Å². The van der Waals surface area contributed by atoms with E-state index < -0.39 is 0 Å². The van der Waals surface area contributed by atoms with Gasteiger partial charge in [0, 0.05) is 18.6 Å². The second-order valence-corrected chi connectivity index (χ2v) is 3.30. The number of aliphatic hydroxyl groups is 1. The molecule has 3 heteroatoms. The van der Waals surface area contributed by atoms with E-state index in [4.69, 9.17) is 5.11 Å². The average Bonchev–Trinajstić information content (AvgIpc) is 1.99. The minimum atomic E-state index is 0.206. The third kappa shape index (κ3) is 5.18. The van der Waals surface area contributed by atoms with E-state index in [1.165, 1.54) is 0 Å². The molecule has 0 radical (unpaired) electrons. The summed E-state index contributed by atoms with van der Waals surface area (Å²) in [6.07, 6.45) is 0. The Balaban J connectivity index is 3.37. The Morgan fingerprint density at radius 2 is 1.91 bits per heavy atom. The number of rotatable bonds is 5. The van der Waals surface area contributed by atoms with Crippen LogP contribution < -0.4 is 5.32 Å². The Kier molecular flexibility index (Phi) is 5.46.